The molecule has 1 fully saturated rings. The average molecular weight is 461 g/mol. The number of guanidine groups is 1. The van der Waals surface area contributed by atoms with Crippen LogP contribution in [0.4, 0.5) is 0 Å². The van der Waals surface area contributed by atoms with E-state index in [1.54, 1.807) is 0 Å². The molecule has 0 spiro atoms. The average Bonchev–Trinajstić information content (AvgIpc) is 2.96. The first-order valence-corrected chi connectivity index (χ1v) is 8.93. The van der Waals surface area contributed by atoms with Crippen molar-refractivity contribution in [2.75, 3.05) is 32.8 Å². The summed E-state index contributed by atoms with van der Waals surface area (Å²) in [5.41, 5.74) is 3.71. The molecule has 6 heteroatoms. The molecule has 2 rings (SSSR count). The molecule has 1 heterocycles. The van der Waals surface area contributed by atoms with Gasteiger partial charge < -0.3 is 20.1 Å². The van der Waals surface area contributed by atoms with Gasteiger partial charge in [0.05, 0.1) is 12.7 Å². The number of aryl methyl sites for hydroxylation is 2. The predicted molar refractivity (Wildman–Crippen MR) is 114 cm³/mol. The maximum atomic E-state index is 9.68. The summed E-state index contributed by atoms with van der Waals surface area (Å²) in [6, 6.07) is 4.28. The number of aliphatic hydroxyl groups excluding tert-OH is 1. The summed E-state index contributed by atoms with van der Waals surface area (Å²) in [6.07, 6.45) is 1.46. The van der Waals surface area contributed by atoms with Crippen LogP contribution in [0.5, 0.6) is 5.75 Å². The molecule has 1 aromatic rings. The van der Waals surface area contributed by atoms with Crippen molar-refractivity contribution in [1.82, 2.24) is 10.2 Å². The van der Waals surface area contributed by atoms with Crippen LogP contribution < -0.4 is 10.1 Å². The number of ether oxygens (including phenoxy) is 1. The standard InChI is InChI=1S/C19H31N3O2.HI/c1-5-20-19(22-9-7-17(23)13-22)21-8-6-10-24-18-12-14(2)11-15(3)16(18)4;/h11-12,17,23H,5-10,13H2,1-4H3,(H,20,21);1H/t17-;/m1./s1. The minimum atomic E-state index is -0.232. The minimum Gasteiger partial charge on any atom is -0.493 e. The number of benzene rings is 1. The van der Waals surface area contributed by atoms with Gasteiger partial charge >= 0.3 is 0 Å². The van der Waals surface area contributed by atoms with Gasteiger partial charge in [-0.1, -0.05) is 6.07 Å². The molecule has 142 valence electrons. The Kier molecular flexibility index (Phi) is 9.56. The third-order valence-electron chi connectivity index (χ3n) is 4.38. The zero-order valence-corrected chi connectivity index (χ0v) is 18.2. The molecule has 0 amide bonds. The van der Waals surface area contributed by atoms with Crippen molar-refractivity contribution in [3.8, 4) is 5.75 Å². The number of β-amino-alcohol motifs (C(OH)–C–C–N with tert-alkyl or cyclic N) is 1. The lowest BCUT2D eigenvalue weighted by molar-refractivity contribution is 0.187. The van der Waals surface area contributed by atoms with Gasteiger partial charge in [-0.05, 0) is 56.9 Å². The van der Waals surface area contributed by atoms with E-state index in [-0.39, 0.29) is 30.1 Å². The molecule has 25 heavy (non-hydrogen) atoms. The fraction of sp³-hybridized carbons (Fsp3) is 0.632. The van der Waals surface area contributed by atoms with E-state index in [0.717, 1.165) is 44.2 Å². The number of hydrogen-bond donors (Lipinski definition) is 2. The van der Waals surface area contributed by atoms with Gasteiger partial charge in [0.2, 0.25) is 0 Å². The first-order chi connectivity index (χ1) is 11.5. The summed E-state index contributed by atoms with van der Waals surface area (Å²) < 4.78 is 5.94. The molecule has 1 saturated heterocycles. The van der Waals surface area contributed by atoms with Gasteiger partial charge in [-0.25, -0.2) is 0 Å². The number of halogens is 1. The van der Waals surface area contributed by atoms with Gasteiger partial charge in [-0.2, -0.15) is 0 Å². The fourth-order valence-corrected chi connectivity index (χ4v) is 2.94. The Hall–Kier alpha value is -1.02. The quantitative estimate of drug-likeness (QED) is 0.296. The van der Waals surface area contributed by atoms with Crippen molar-refractivity contribution in [2.24, 2.45) is 4.99 Å². The van der Waals surface area contributed by atoms with E-state index in [1.807, 2.05) is 0 Å². The third-order valence-corrected chi connectivity index (χ3v) is 4.38. The van der Waals surface area contributed by atoms with Crippen LogP contribution in [-0.2, 0) is 0 Å². The molecule has 0 bridgehead atoms. The molecule has 1 aliphatic rings. The fourth-order valence-electron chi connectivity index (χ4n) is 2.94. The molecule has 0 aliphatic carbocycles. The zero-order valence-electron chi connectivity index (χ0n) is 15.8. The van der Waals surface area contributed by atoms with E-state index >= 15 is 0 Å². The minimum absolute atomic E-state index is 0. The van der Waals surface area contributed by atoms with Crippen molar-refractivity contribution >= 4 is 29.9 Å². The zero-order chi connectivity index (χ0) is 17.5. The number of likely N-dealkylation sites (tertiary alicyclic amines) is 1. The van der Waals surface area contributed by atoms with E-state index in [4.69, 9.17) is 4.74 Å². The van der Waals surface area contributed by atoms with E-state index in [9.17, 15) is 5.11 Å². The number of rotatable bonds is 6. The van der Waals surface area contributed by atoms with Crippen LogP contribution in [0.25, 0.3) is 0 Å². The molecule has 1 aliphatic heterocycles. The topological polar surface area (TPSA) is 57.1 Å². The molecule has 0 saturated carbocycles. The number of hydrogen-bond acceptors (Lipinski definition) is 3. The molecule has 0 radical (unpaired) electrons. The SMILES string of the molecule is CCNC(=NCCCOc1cc(C)cc(C)c1C)N1CC[C@@H](O)C1.I. The van der Waals surface area contributed by atoms with E-state index in [2.05, 4.69) is 55.0 Å². The Morgan fingerprint density at radius 1 is 1.36 bits per heavy atom. The highest BCUT2D eigenvalue weighted by atomic mass is 127. The van der Waals surface area contributed by atoms with Gasteiger partial charge in [-0.15, -0.1) is 24.0 Å². The summed E-state index contributed by atoms with van der Waals surface area (Å²) in [5.74, 6) is 1.88. The maximum absolute atomic E-state index is 9.68. The highest BCUT2D eigenvalue weighted by molar-refractivity contribution is 14.0. The first kappa shape index (κ1) is 22.0. The second-order valence-corrected chi connectivity index (χ2v) is 6.53. The van der Waals surface area contributed by atoms with Gasteiger partial charge in [0, 0.05) is 32.6 Å². The lowest BCUT2D eigenvalue weighted by atomic mass is 10.1. The van der Waals surface area contributed by atoms with Crippen molar-refractivity contribution in [3.05, 3.63) is 28.8 Å². The van der Waals surface area contributed by atoms with Crippen molar-refractivity contribution < 1.29 is 9.84 Å². The first-order valence-electron chi connectivity index (χ1n) is 8.93. The Bertz CT molecular complexity index is 578. The predicted octanol–water partition coefficient (Wildman–Crippen LogP) is 3.03. The van der Waals surface area contributed by atoms with E-state index in [0.29, 0.717) is 13.2 Å². The van der Waals surface area contributed by atoms with Gasteiger partial charge in [0.25, 0.3) is 0 Å². The molecule has 1 atom stereocenters. The van der Waals surface area contributed by atoms with Crippen LogP contribution in [-0.4, -0.2) is 54.9 Å². The van der Waals surface area contributed by atoms with Crippen LogP contribution in [0, 0.1) is 20.8 Å². The van der Waals surface area contributed by atoms with Crippen LogP contribution >= 0.6 is 24.0 Å². The summed E-state index contributed by atoms with van der Waals surface area (Å²) in [4.78, 5) is 6.79. The highest BCUT2D eigenvalue weighted by Gasteiger charge is 2.22. The molecule has 2 N–H and O–H groups in total. The normalized spacial score (nSPS) is 17.4. The smallest absolute Gasteiger partial charge is 0.194 e. The Morgan fingerprint density at radius 2 is 2.12 bits per heavy atom. The lowest BCUT2D eigenvalue weighted by Gasteiger charge is -2.21. The van der Waals surface area contributed by atoms with Crippen LogP contribution in [0.3, 0.4) is 0 Å². The maximum Gasteiger partial charge on any atom is 0.194 e. The second-order valence-electron chi connectivity index (χ2n) is 6.53. The number of nitrogens with one attached hydrogen (secondary N) is 1. The molecular formula is C19H32IN3O2. The molecular weight excluding hydrogens is 429 g/mol. The molecule has 1 aromatic carbocycles. The van der Waals surface area contributed by atoms with E-state index in [1.165, 1.54) is 16.7 Å². The summed E-state index contributed by atoms with van der Waals surface area (Å²) >= 11 is 0. The molecule has 0 aromatic heterocycles. The Morgan fingerprint density at radius 3 is 2.76 bits per heavy atom. The largest absolute Gasteiger partial charge is 0.493 e. The van der Waals surface area contributed by atoms with Crippen LogP contribution in [0.2, 0.25) is 0 Å². The number of aliphatic hydroxyl groups is 1. The summed E-state index contributed by atoms with van der Waals surface area (Å²) in [7, 11) is 0. The molecule has 5 nitrogen and oxygen atoms in total. The van der Waals surface area contributed by atoms with Crippen molar-refractivity contribution in [2.45, 2.75) is 46.6 Å². The summed E-state index contributed by atoms with van der Waals surface area (Å²) in [6.45, 7) is 12.1. The van der Waals surface area contributed by atoms with Gasteiger partial charge in [0.15, 0.2) is 5.96 Å². The second kappa shape index (κ2) is 10.9. The number of aliphatic imine (C=N–C) groups is 1. The van der Waals surface area contributed by atoms with Gasteiger partial charge in [-0.3, -0.25) is 4.99 Å². The Labute approximate surface area is 168 Å². The third kappa shape index (κ3) is 6.66. The van der Waals surface area contributed by atoms with Crippen LogP contribution in [0.1, 0.15) is 36.5 Å². The molecule has 0 unspecified atom stereocenters. The van der Waals surface area contributed by atoms with Crippen molar-refractivity contribution in [1.29, 1.82) is 0 Å². The highest BCUT2D eigenvalue weighted by Crippen LogP contribution is 2.23. The Balaban J connectivity index is 0.00000312. The van der Waals surface area contributed by atoms with Gasteiger partial charge in [0.1, 0.15) is 5.75 Å². The van der Waals surface area contributed by atoms with E-state index < -0.39 is 0 Å². The lowest BCUT2D eigenvalue weighted by Crippen LogP contribution is -2.40. The van der Waals surface area contributed by atoms with Crippen molar-refractivity contribution in [3.63, 3.8) is 0 Å². The summed E-state index contributed by atoms with van der Waals surface area (Å²) in [5, 5.41) is 13.0. The number of nitrogens with zero attached hydrogens (tertiary/aromatic N) is 2. The monoisotopic (exact) mass is 461 g/mol. The van der Waals surface area contributed by atoms with Crippen LogP contribution in [0.15, 0.2) is 17.1 Å².